The van der Waals surface area contributed by atoms with Gasteiger partial charge in [0.1, 0.15) is 0 Å². The van der Waals surface area contributed by atoms with E-state index in [0.29, 0.717) is 37.4 Å². The van der Waals surface area contributed by atoms with Crippen LogP contribution in [0.5, 0.6) is 0 Å². The summed E-state index contributed by atoms with van der Waals surface area (Å²) in [6.45, 7) is 4.13. The first-order chi connectivity index (χ1) is 10.4. The van der Waals surface area contributed by atoms with Gasteiger partial charge in [0.05, 0.1) is 24.0 Å². The van der Waals surface area contributed by atoms with Gasteiger partial charge in [0.25, 0.3) is 0 Å². The van der Waals surface area contributed by atoms with Gasteiger partial charge in [-0.25, -0.2) is 13.4 Å². The summed E-state index contributed by atoms with van der Waals surface area (Å²) in [6.07, 6.45) is 3.44. The zero-order chi connectivity index (χ0) is 16.2. The molecule has 0 radical (unpaired) electrons. The van der Waals surface area contributed by atoms with Crippen molar-refractivity contribution >= 4 is 32.5 Å². The van der Waals surface area contributed by atoms with Gasteiger partial charge in [-0.15, -0.1) is 11.3 Å². The summed E-state index contributed by atoms with van der Waals surface area (Å²) < 4.78 is 31.4. The number of esters is 1. The highest BCUT2D eigenvalue weighted by molar-refractivity contribution is 7.92. The van der Waals surface area contributed by atoms with Crippen molar-refractivity contribution in [3.8, 4) is 0 Å². The number of hydrogen-bond acceptors (Lipinski definition) is 6. The molecule has 1 aliphatic carbocycles. The van der Waals surface area contributed by atoms with Crippen LogP contribution in [0.25, 0.3) is 0 Å². The summed E-state index contributed by atoms with van der Waals surface area (Å²) in [6, 6.07) is 0. The minimum Gasteiger partial charge on any atom is -0.466 e. The Morgan fingerprint density at radius 3 is 2.91 bits per heavy atom. The first-order valence-electron chi connectivity index (χ1n) is 7.61. The molecule has 1 N–H and O–H groups in total. The number of carbonyl (C=O) groups is 1. The zero-order valence-electron chi connectivity index (χ0n) is 12.9. The summed E-state index contributed by atoms with van der Waals surface area (Å²) in [5, 5.41) is 0.408. The molecule has 0 fully saturated rings. The number of rotatable bonds is 7. The van der Waals surface area contributed by atoms with Crippen LogP contribution < -0.4 is 4.72 Å². The largest absolute Gasteiger partial charge is 0.466 e. The maximum absolute atomic E-state index is 11.9. The maximum Gasteiger partial charge on any atom is 0.309 e. The third-order valence-electron chi connectivity index (χ3n) is 3.57. The van der Waals surface area contributed by atoms with E-state index in [1.54, 1.807) is 6.92 Å². The minimum atomic E-state index is -3.33. The fourth-order valence-electron chi connectivity index (χ4n) is 2.40. The molecular weight excluding hydrogens is 324 g/mol. The molecule has 1 atom stereocenters. The Morgan fingerprint density at radius 1 is 1.45 bits per heavy atom. The first kappa shape index (κ1) is 17.2. The van der Waals surface area contributed by atoms with Crippen LogP contribution in [0.3, 0.4) is 0 Å². The van der Waals surface area contributed by atoms with Crippen LogP contribution in [0.4, 0.5) is 5.13 Å². The Kier molecular flexibility index (Phi) is 5.80. The smallest absolute Gasteiger partial charge is 0.309 e. The second-order valence-electron chi connectivity index (χ2n) is 5.36. The standard InChI is InChI=1S/C14H22N2O4S2/c1-3-5-8-22(18,19)16-14-15-11-7-6-10(9-12(11)21-14)13(17)20-4-2/h10H,3-9H2,1-2H3,(H,15,16). The molecule has 1 aromatic rings. The fourth-order valence-corrected chi connectivity index (χ4v) is 4.97. The van der Waals surface area contributed by atoms with Crippen molar-refractivity contribution in [1.82, 2.24) is 4.98 Å². The highest BCUT2D eigenvalue weighted by Crippen LogP contribution is 2.33. The predicted molar refractivity (Wildman–Crippen MR) is 86.6 cm³/mol. The van der Waals surface area contributed by atoms with E-state index in [0.717, 1.165) is 17.0 Å². The molecule has 0 aliphatic heterocycles. The van der Waals surface area contributed by atoms with Gasteiger partial charge in [-0.05, 0) is 32.6 Å². The van der Waals surface area contributed by atoms with Crippen molar-refractivity contribution in [1.29, 1.82) is 0 Å². The van der Waals surface area contributed by atoms with E-state index in [4.69, 9.17) is 4.74 Å². The van der Waals surface area contributed by atoms with Crippen molar-refractivity contribution < 1.29 is 17.9 Å². The number of thiazole rings is 1. The number of hydrogen-bond donors (Lipinski definition) is 1. The first-order valence-corrected chi connectivity index (χ1v) is 10.1. The highest BCUT2D eigenvalue weighted by Gasteiger charge is 2.29. The van der Waals surface area contributed by atoms with Crippen molar-refractivity contribution in [2.75, 3.05) is 17.1 Å². The van der Waals surface area contributed by atoms with E-state index >= 15 is 0 Å². The number of fused-ring (bicyclic) bond motifs is 1. The van der Waals surface area contributed by atoms with Gasteiger partial charge in [-0.3, -0.25) is 9.52 Å². The number of nitrogens with zero attached hydrogens (tertiary/aromatic N) is 1. The van der Waals surface area contributed by atoms with Gasteiger partial charge < -0.3 is 4.74 Å². The Bertz CT molecular complexity index is 625. The molecular formula is C14H22N2O4S2. The normalized spacial score (nSPS) is 17.8. The van der Waals surface area contributed by atoms with Crippen molar-refractivity contribution in [3.63, 3.8) is 0 Å². The number of unbranched alkanes of at least 4 members (excludes halogenated alkanes) is 1. The van der Waals surface area contributed by atoms with Gasteiger partial charge in [-0.2, -0.15) is 0 Å². The quantitative estimate of drug-likeness (QED) is 0.766. The molecule has 1 aromatic heterocycles. The summed E-state index contributed by atoms with van der Waals surface area (Å²) in [5.74, 6) is -0.205. The molecule has 0 saturated heterocycles. The fraction of sp³-hybridized carbons (Fsp3) is 0.714. The van der Waals surface area contributed by atoms with E-state index < -0.39 is 10.0 Å². The van der Waals surface area contributed by atoms with Crippen LogP contribution >= 0.6 is 11.3 Å². The molecule has 2 rings (SSSR count). The third kappa shape index (κ3) is 4.42. The Labute approximate surface area is 135 Å². The molecule has 1 aliphatic rings. The van der Waals surface area contributed by atoms with Crippen molar-refractivity contribution in [2.24, 2.45) is 5.92 Å². The molecule has 6 nitrogen and oxygen atoms in total. The average Bonchev–Trinajstić information content (AvgIpc) is 2.85. The molecule has 1 heterocycles. The zero-order valence-corrected chi connectivity index (χ0v) is 14.6. The minimum absolute atomic E-state index is 0.110. The Morgan fingerprint density at radius 2 is 2.23 bits per heavy atom. The van der Waals surface area contributed by atoms with Crippen LogP contribution in [0, 0.1) is 5.92 Å². The van der Waals surface area contributed by atoms with Crippen LogP contribution in [0.1, 0.15) is 43.7 Å². The van der Waals surface area contributed by atoms with Crippen LogP contribution in [-0.4, -0.2) is 31.7 Å². The molecule has 0 spiro atoms. The maximum atomic E-state index is 11.9. The van der Waals surface area contributed by atoms with Crippen LogP contribution in [0.2, 0.25) is 0 Å². The van der Waals surface area contributed by atoms with Gasteiger partial charge in [-0.1, -0.05) is 13.3 Å². The monoisotopic (exact) mass is 346 g/mol. The van der Waals surface area contributed by atoms with Crippen molar-refractivity contribution in [2.45, 2.75) is 46.0 Å². The lowest BCUT2D eigenvalue weighted by molar-refractivity contribution is -0.148. The summed E-state index contributed by atoms with van der Waals surface area (Å²) in [7, 11) is -3.33. The molecule has 22 heavy (non-hydrogen) atoms. The molecule has 124 valence electrons. The highest BCUT2D eigenvalue weighted by atomic mass is 32.2. The Balaban J connectivity index is 2.03. The van der Waals surface area contributed by atoms with Crippen LogP contribution in [-0.2, 0) is 32.4 Å². The SMILES string of the molecule is CCCCS(=O)(=O)Nc1nc2c(s1)CC(C(=O)OCC)CC2. The number of ether oxygens (including phenoxy) is 1. The number of aryl methyl sites for hydroxylation is 1. The number of carbonyl (C=O) groups excluding carboxylic acids is 1. The van der Waals surface area contributed by atoms with Gasteiger partial charge in [0.15, 0.2) is 5.13 Å². The summed E-state index contributed by atoms with van der Waals surface area (Å²) in [5.41, 5.74) is 0.902. The number of aromatic nitrogens is 1. The molecule has 1 unspecified atom stereocenters. The molecule has 0 bridgehead atoms. The predicted octanol–water partition coefficient (Wildman–Crippen LogP) is 2.35. The lowest BCUT2D eigenvalue weighted by Gasteiger charge is -2.18. The second kappa shape index (κ2) is 7.41. The summed E-state index contributed by atoms with van der Waals surface area (Å²) >= 11 is 1.33. The number of anilines is 1. The topological polar surface area (TPSA) is 85.4 Å². The lowest BCUT2D eigenvalue weighted by atomic mass is 9.91. The Hall–Kier alpha value is -1.15. The molecule has 0 saturated carbocycles. The van der Waals surface area contributed by atoms with Gasteiger partial charge in [0, 0.05) is 4.88 Å². The number of nitrogens with one attached hydrogen (secondary N) is 1. The molecule has 0 aromatic carbocycles. The molecule has 0 amide bonds. The second-order valence-corrected chi connectivity index (χ2v) is 8.28. The van der Waals surface area contributed by atoms with Gasteiger partial charge >= 0.3 is 5.97 Å². The molecule has 8 heteroatoms. The van der Waals surface area contributed by atoms with E-state index in [2.05, 4.69) is 9.71 Å². The van der Waals surface area contributed by atoms with Gasteiger partial charge in [0.2, 0.25) is 10.0 Å². The number of sulfonamides is 1. The van der Waals surface area contributed by atoms with E-state index in [9.17, 15) is 13.2 Å². The van der Waals surface area contributed by atoms with E-state index in [1.165, 1.54) is 11.3 Å². The lowest BCUT2D eigenvalue weighted by Crippen LogP contribution is -2.24. The van der Waals surface area contributed by atoms with Crippen molar-refractivity contribution in [3.05, 3.63) is 10.6 Å². The van der Waals surface area contributed by atoms with E-state index in [-0.39, 0.29) is 17.6 Å². The third-order valence-corrected chi connectivity index (χ3v) is 6.06. The van der Waals surface area contributed by atoms with Crippen LogP contribution in [0.15, 0.2) is 0 Å². The van der Waals surface area contributed by atoms with E-state index in [1.807, 2.05) is 6.92 Å². The summed E-state index contributed by atoms with van der Waals surface area (Å²) in [4.78, 5) is 17.2. The average molecular weight is 346 g/mol.